The van der Waals surface area contributed by atoms with Gasteiger partial charge in [-0.15, -0.1) is 0 Å². The van der Waals surface area contributed by atoms with Crippen LogP contribution in [-0.4, -0.2) is 4.98 Å². The molecule has 0 bridgehead atoms. The molecular formula is C17H14ClFN2. The lowest BCUT2D eigenvalue weighted by molar-refractivity contribution is 0.628. The average molecular weight is 301 g/mol. The molecule has 106 valence electrons. The highest BCUT2D eigenvalue weighted by molar-refractivity contribution is 6.33. The summed E-state index contributed by atoms with van der Waals surface area (Å²) in [5, 5.41) is 4.78. The molecule has 0 atom stereocenters. The first-order valence-electron chi connectivity index (χ1n) is 6.68. The number of anilines is 1. The third kappa shape index (κ3) is 2.98. The van der Waals surface area contributed by atoms with Gasteiger partial charge in [-0.1, -0.05) is 29.8 Å². The van der Waals surface area contributed by atoms with Gasteiger partial charge in [0, 0.05) is 17.6 Å². The molecule has 0 aliphatic rings. The molecule has 21 heavy (non-hydrogen) atoms. The van der Waals surface area contributed by atoms with Crippen LogP contribution < -0.4 is 5.32 Å². The predicted molar refractivity (Wildman–Crippen MR) is 85.2 cm³/mol. The van der Waals surface area contributed by atoms with E-state index in [2.05, 4.69) is 10.3 Å². The van der Waals surface area contributed by atoms with Gasteiger partial charge in [-0.25, -0.2) is 4.39 Å². The Kier molecular flexibility index (Phi) is 3.76. The van der Waals surface area contributed by atoms with Crippen molar-refractivity contribution in [1.82, 2.24) is 4.98 Å². The normalized spacial score (nSPS) is 10.8. The van der Waals surface area contributed by atoms with Crippen molar-refractivity contribution in [3.8, 4) is 0 Å². The van der Waals surface area contributed by atoms with E-state index in [-0.39, 0.29) is 5.82 Å². The lowest BCUT2D eigenvalue weighted by Gasteiger charge is -2.11. The summed E-state index contributed by atoms with van der Waals surface area (Å²) in [5.74, 6) is -0.308. The minimum absolute atomic E-state index is 0.308. The number of benzene rings is 2. The molecule has 0 spiro atoms. The second-order valence-corrected chi connectivity index (χ2v) is 5.32. The summed E-state index contributed by atoms with van der Waals surface area (Å²) in [4.78, 5) is 4.51. The summed E-state index contributed by atoms with van der Waals surface area (Å²) in [5.41, 5.74) is 3.61. The van der Waals surface area contributed by atoms with E-state index in [1.54, 1.807) is 6.07 Å². The summed E-state index contributed by atoms with van der Waals surface area (Å²) >= 11 is 6.07. The lowest BCUT2D eigenvalue weighted by Crippen LogP contribution is -2.02. The van der Waals surface area contributed by atoms with Crippen molar-refractivity contribution in [2.24, 2.45) is 0 Å². The van der Waals surface area contributed by atoms with Gasteiger partial charge in [-0.2, -0.15) is 0 Å². The number of halogens is 2. The summed E-state index contributed by atoms with van der Waals surface area (Å²) in [6.45, 7) is 2.53. The highest BCUT2D eigenvalue weighted by Crippen LogP contribution is 2.24. The van der Waals surface area contributed by atoms with Gasteiger partial charge in [-0.3, -0.25) is 4.98 Å². The number of pyridine rings is 1. The van der Waals surface area contributed by atoms with E-state index in [4.69, 9.17) is 11.6 Å². The Morgan fingerprint density at radius 2 is 1.95 bits per heavy atom. The summed E-state index contributed by atoms with van der Waals surface area (Å²) in [7, 11) is 0. The van der Waals surface area contributed by atoms with Crippen LogP contribution in [0.25, 0.3) is 10.9 Å². The quantitative estimate of drug-likeness (QED) is 0.740. The zero-order chi connectivity index (χ0) is 14.8. The zero-order valence-corrected chi connectivity index (χ0v) is 12.3. The van der Waals surface area contributed by atoms with Crippen LogP contribution in [0, 0.1) is 12.7 Å². The van der Waals surface area contributed by atoms with Gasteiger partial charge in [0.1, 0.15) is 5.82 Å². The topological polar surface area (TPSA) is 24.9 Å². The van der Waals surface area contributed by atoms with Crippen LogP contribution in [0.1, 0.15) is 11.3 Å². The molecule has 1 N–H and O–H groups in total. The van der Waals surface area contributed by atoms with E-state index < -0.39 is 0 Å². The Bertz CT molecular complexity index is 802. The molecule has 0 unspecified atom stereocenters. The molecule has 1 aromatic heterocycles. The van der Waals surface area contributed by atoms with Crippen molar-refractivity contribution in [2.45, 2.75) is 13.5 Å². The average Bonchev–Trinajstić information content (AvgIpc) is 2.47. The van der Waals surface area contributed by atoms with Gasteiger partial charge >= 0.3 is 0 Å². The van der Waals surface area contributed by atoms with Crippen LogP contribution in [0.3, 0.4) is 0 Å². The Morgan fingerprint density at radius 3 is 2.81 bits per heavy atom. The molecule has 0 saturated carbocycles. The van der Waals surface area contributed by atoms with Crippen LogP contribution in [0.2, 0.25) is 5.02 Å². The molecule has 0 aliphatic heterocycles. The van der Waals surface area contributed by atoms with Crippen molar-refractivity contribution in [3.63, 3.8) is 0 Å². The van der Waals surface area contributed by atoms with E-state index in [9.17, 15) is 4.39 Å². The van der Waals surface area contributed by atoms with Crippen molar-refractivity contribution in [2.75, 3.05) is 5.32 Å². The van der Waals surface area contributed by atoms with Crippen molar-refractivity contribution >= 4 is 28.2 Å². The molecule has 1 heterocycles. The Balaban J connectivity index is 1.93. The fourth-order valence-corrected chi connectivity index (χ4v) is 2.55. The zero-order valence-electron chi connectivity index (χ0n) is 11.5. The number of nitrogens with zero attached hydrogens (tertiary/aromatic N) is 1. The molecule has 3 rings (SSSR count). The number of fused-ring (bicyclic) bond motifs is 1. The molecule has 0 amide bonds. The highest BCUT2D eigenvalue weighted by Gasteiger charge is 2.06. The minimum atomic E-state index is -0.308. The number of para-hydroxylation sites is 1. The summed E-state index contributed by atoms with van der Waals surface area (Å²) in [6, 6.07) is 14.3. The molecule has 0 fully saturated rings. The second-order valence-electron chi connectivity index (χ2n) is 4.92. The van der Waals surface area contributed by atoms with Gasteiger partial charge in [0.25, 0.3) is 0 Å². The van der Waals surface area contributed by atoms with E-state index in [0.29, 0.717) is 17.3 Å². The van der Waals surface area contributed by atoms with E-state index in [1.165, 1.54) is 12.1 Å². The van der Waals surface area contributed by atoms with Crippen LogP contribution in [0.5, 0.6) is 0 Å². The number of rotatable bonds is 3. The van der Waals surface area contributed by atoms with Crippen molar-refractivity contribution in [1.29, 1.82) is 0 Å². The molecule has 0 aliphatic carbocycles. The molecule has 2 aromatic carbocycles. The smallest absolute Gasteiger partial charge is 0.125 e. The first-order chi connectivity index (χ1) is 10.1. The molecular weight excluding hydrogens is 287 g/mol. The summed E-state index contributed by atoms with van der Waals surface area (Å²) < 4.78 is 13.3. The van der Waals surface area contributed by atoms with E-state index in [1.807, 2.05) is 37.3 Å². The molecule has 0 saturated heterocycles. The number of aryl methyl sites for hydroxylation is 1. The molecule has 4 heteroatoms. The molecule has 2 nitrogen and oxygen atoms in total. The van der Waals surface area contributed by atoms with Crippen LogP contribution in [0.15, 0.2) is 48.5 Å². The van der Waals surface area contributed by atoms with E-state index in [0.717, 1.165) is 22.2 Å². The monoisotopic (exact) mass is 300 g/mol. The standard InChI is InChI=1S/C17H14ClFN2/c1-11-8-12(14-4-2-3-5-16(14)21-11)10-20-17-9-13(19)6-7-15(17)18/h2-9,20H,10H2,1H3. The maximum absolute atomic E-state index is 13.3. The van der Waals surface area contributed by atoms with Gasteiger partial charge in [-0.05, 0) is 42.8 Å². The molecule has 3 aromatic rings. The SMILES string of the molecule is Cc1cc(CNc2cc(F)ccc2Cl)c2ccccc2n1. The van der Waals surface area contributed by atoms with Crippen molar-refractivity contribution < 1.29 is 4.39 Å². The largest absolute Gasteiger partial charge is 0.380 e. The van der Waals surface area contributed by atoms with Crippen molar-refractivity contribution in [3.05, 3.63) is 70.6 Å². The van der Waals surface area contributed by atoms with Gasteiger partial charge < -0.3 is 5.32 Å². The first kappa shape index (κ1) is 13.8. The van der Waals surface area contributed by atoms with Crippen LogP contribution in [0.4, 0.5) is 10.1 Å². The first-order valence-corrected chi connectivity index (χ1v) is 7.05. The van der Waals surface area contributed by atoms with Crippen LogP contribution in [-0.2, 0) is 6.54 Å². The lowest BCUT2D eigenvalue weighted by atomic mass is 10.1. The van der Waals surface area contributed by atoms with Gasteiger partial charge in [0.2, 0.25) is 0 Å². The third-order valence-corrected chi connectivity index (χ3v) is 3.66. The minimum Gasteiger partial charge on any atom is -0.380 e. The number of aromatic nitrogens is 1. The number of hydrogen-bond acceptors (Lipinski definition) is 2. The Morgan fingerprint density at radius 1 is 1.14 bits per heavy atom. The fourth-order valence-electron chi connectivity index (χ4n) is 2.36. The number of hydrogen-bond donors (Lipinski definition) is 1. The highest BCUT2D eigenvalue weighted by atomic mass is 35.5. The van der Waals surface area contributed by atoms with Gasteiger partial charge in [0.05, 0.1) is 16.2 Å². The Hall–Kier alpha value is -2.13. The maximum Gasteiger partial charge on any atom is 0.125 e. The fraction of sp³-hybridized carbons (Fsp3) is 0.118. The summed E-state index contributed by atoms with van der Waals surface area (Å²) in [6.07, 6.45) is 0. The van der Waals surface area contributed by atoms with Gasteiger partial charge in [0.15, 0.2) is 0 Å². The third-order valence-electron chi connectivity index (χ3n) is 3.33. The van der Waals surface area contributed by atoms with Crippen LogP contribution >= 0.6 is 11.6 Å². The number of nitrogens with one attached hydrogen (secondary N) is 1. The molecule has 0 radical (unpaired) electrons. The predicted octanol–water partition coefficient (Wildman–Crippen LogP) is 4.95. The maximum atomic E-state index is 13.3. The van der Waals surface area contributed by atoms with E-state index >= 15 is 0 Å². The Labute approximate surface area is 127 Å². The second kappa shape index (κ2) is 5.70.